The highest BCUT2D eigenvalue weighted by atomic mass is 16.3. The molecule has 0 aliphatic rings. The molecule has 0 saturated carbocycles. The zero-order valence-electron chi connectivity index (χ0n) is 8.86. The molecule has 3 heteroatoms. The van der Waals surface area contributed by atoms with E-state index in [1.54, 1.807) is 0 Å². The molecule has 78 valence electrons. The van der Waals surface area contributed by atoms with Crippen LogP contribution in [0.25, 0.3) is 11.3 Å². The van der Waals surface area contributed by atoms with E-state index in [1.165, 1.54) is 0 Å². The largest absolute Gasteiger partial charge is 0.504 e. The van der Waals surface area contributed by atoms with Crippen LogP contribution in [-0.4, -0.2) is 9.67 Å². The standard InChI is InChI=1S/C12H14N2O/c1-8-10(13)12(15)11(14(8)2)9-6-4-3-5-7-9/h3-7,15H,13H2,1-2H3. The number of hydrogen-bond donors (Lipinski definition) is 2. The topological polar surface area (TPSA) is 51.2 Å². The van der Waals surface area contributed by atoms with Crippen LogP contribution in [0.1, 0.15) is 5.69 Å². The summed E-state index contributed by atoms with van der Waals surface area (Å²) in [6, 6.07) is 9.72. The minimum atomic E-state index is 0.168. The van der Waals surface area contributed by atoms with E-state index in [2.05, 4.69) is 0 Å². The van der Waals surface area contributed by atoms with Gasteiger partial charge in [0.15, 0.2) is 5.75 Å². The Bertz CT molecular complexity index is 461. The number of aromatic nitrogens is 1. The Morgan fingerprint density at radius 3 is 2.27 bits per heavy atom. The molecule has 3 nitrogen and oxygen atoms in total. The van der Waals surface area contributed by atoms with Crippen molar-refractivity contribution >= 4 is 5.69 Å². The van der Waals surface area contributed by atoms with Gasteiger partial charge in [0.25, 0.3) is 0 Å². The van der Waals surface area contributed by atoms with Crippen molar-refractivity contribution in [3.8, 4) is 17.0 Å². The summed E-state index contributed by atoms with van der Waals surface area (Å²) in [4.78, 5) is 0. The number of hydrogen-bond acceptors (Lipinski definition) is 2. The molecule has 15 heavy (non-hydrogen) atoms. The minimum absolute atomic E-state index is 0.168. The van der Waals surface area contributed by atoms with E-state index in [1.807, 2.05) is 48.9 Å². The number of nitrogens with zero attached hydrogens (tertiary/aromatic N) is 1. The van der Waals surface area contributed by atoms with Gasteiger partial charge >= 0.3 is 0 Å². The van der Waals surface area contributed by atoms with Gasteiger partial charge in [-0.25, -0.2) is 0 Å². The maximum absolute atomic E-state index is 9.91. The predicted molar refractivity (Wildman–Crippen MR) is 61.7 cm³/mol. The minimum Gasteiger partial charge on any atom is -0.504 e. The molecule has 0 fully saturated rings. The van der Waals surface area contributed by atoms with Crippen molar-refractivity contribution in [2.45, 2.75) is 6.92 Å². The second kappa shape index (κ2) is 3.35. The van der Waals surface area contributed by atoms with Gasteiger partial charge in [-0.1, -0.05) is 30.3 Å². The van der Waals surface area contributed by atoms with Gasteiger partial charge in [-0.15, -0.1) is 0 Å². The maximum Gasteiger partial charge on any atom is 0.164 e. The third-order valence-electron chi connectivity index (χ3n) is 2.75. The summed E-state index contributed by atoms with van der Waals surface area (Å²) >= 11 is 0. The van der Waals surface area contributed by atoms with Crippen molar-refractivity contribution in [1.29, 1.82) is 0 Å². The molecular formula is C12H14N2O. The summed E-state index contributed by atoms with van der Waals surface area (Å²) in [5.41, 5.74) is 8.84. The van der Waals surface area contributed by atoms with Gasteiger partial charge in [-0.05, 0) is 6.92 Å². The Balaban J connectivity index is 2.69. The molecule has 0 atom stereocenters. The van der Waals surface area contributed by atoms with E-state index < -0.39 is 0 Å². The summed E-state index contributed by atoms with van der Waals surface area (Å²) in [5, 5.41) is 9.91. The summed E-state index contributed by atoms with van der Waals surface area (Å²) < 4.78 is 1.90. The van der Waals surface area contributed by atoms with Gasteiger partial charge in [0.2, 0.25) is 0 Å². The van der Waals surface area contributed by atoms with Crippen LogP contribution in [0.4, 0.5) is 5.69 Å². The lowest BCUT2D eigenvalue weighted by Crippen LogP contribution is -1.94. The Morgan fingerprint density at radius 2 is 1.80 bits per heavy atom. The molecule has 1 aromatic heterocycles. The van der Waals surface area contributed by atoms with Gasteiger partial charge < -0.3 is 15.4 Å². The number of nitrogen functional groups attached to an aromatic ring is 1. The highest BCUT2D eigenvalue weighted by Crippen LogP contribution is 2.37. The van der Waals surface area contributed by atoms with Crippen molar-refractivity contribution in [2.24, 2.45) is 7.05 Å². The number of benzene rings is 1. The molecule has 2 aromatic rings. The predicted octanol–water partition coefficient (Wildman–Crippen LogP) is 2.29. The van der Waals surface area contributed by atoms with Gasteiger partial charge in [0.1, 0.15) is 0 Å². The number of nitrogens with two attached hydrogens (primary N) is 1. The average Bonchev–Trinajstić information content (AvgIpc) is 2.45. The van der Waals surface area contributed by atoms with E-state index in [0.29, 0.717) is 5.69 Å². The zero-order valence-corrected chi connectivity index (χ0v) is 8.86. The first kappa shape index (κ1) is 9.65. The van der Waals surface area contributed by atoms with Crippen LogP contribution in [0.15, 0.2) is 30.3 Å². The molecule has 3 N–H and O–H groups in total. The quantitative estimate of drug-likeness (QED) is 0.745. The van der Waals surface area contributed by atoms with E-state index in [9.17, 15) is 5.11 Å². The molecule has 1 heterocycles. The highest BCUT2D eigenvalue weighted by molar-refractivity contribution is 5.77. The van der Waals surface area contributed by atoms with E-state index in [-0.39, 0.29) is 5.75 Å². The van der Waals surface area contributed by atoms with Gasteiger partial charge in [0.05, 0.1) is 11.4 Å². The van der Waals surface area contributed by atoms with E-state index >= 15 is 0 Å². The first-order valence-corrected chi connectivity index (χ1v) is 4.82. The normalized spacial score (nSPS) is 10.5. The van der Waals surface area contributed by atoms with Crippen molar-refractivity contribution in [3.05, 3.63) is 36.0 Å². The monoisotopic (exact) mass is 202 g/mol. The van der Waals surface area contributed by atoms with Crippen LogP contribution < -0.4 is 5.73 Å². The van der Waals surface area contributed by atoms with Crippen LogP contribution in [-0.2, 0) is 7.05 Å². The number of rotatable bonds is 1. The third-order valence-corrected chi connectivity index (χ3v) is 2.75. The third kappa shape index (κ3) is 1.36. The van der Waals surface area contributed by atoms with Gasteiger partial charge in [-0.2, -0.15) is 0 Å². The van der Waals surface area contributed by atoms with Crippen LogP contribution >= 0.6 is 0 Å². The molecule has 0 radical (unpaired) electrons. The zero-order chi connectivity index (χ0) is 11.0. The van der Waals surface area contributed by atoms with Gasteiger partial charge in [-0.3, -0.25) is 0 Å². The second-order valence-electron chi connectivity index (χ2n) is 3.62. The smallest absolute Gasteiger partial charge is 0.164 e. The lowest BCUT2D eigenvalue weighted by Gasteiger charge is -2.04. The van der Waals surface area contributed by atoms with Gasteiger partial charge in [0, 0.05) is 18.3 Å². The van der Waals surface area contributed by atoms with E-state index in [4.69, 9.17) is 5.73 Å². The molecule has 1 aromatic carbocycles. The summed E-state index contributed by atoms with van der Waals surface area (Å²) in [6.45, 7) is 1.89. The van der Waals surface area contributed by atoms with Crippen molar-refractivity contribution in [1.82, 2.24) is 4.57 Å². The fourth-order valence-corrected chi connectivity index (χ4v) is 1.73. The molecule has 0 spiro atoms. The Kier molecular flexibility index (Phi) is 2.15. The summed E-state index contributed by atoms with van der Waals surface area (Å²) in [6.07, 6.45) is 0. The first-order chi connectivity index (χ1) is 7.13. The Morgan fingerprint density at radius 1 is 1.20 bits per heavy atom. The molecule has 0 bridgehead atoms. The van der Waals surface area contributed by atoms with Crippen molar-refractivity contribution < 1.29 is 5.11 Å². The molecular weight excluding hydrogens is 188 g/mol. The second-order valence-corrected chi connectivity index (χ2v) is 3.62. The molecule has 0 aliphatic heterocycles. The van der Waals surface area contributed by atoms with Crippen LogP contribution in [0, 0.1) is 6.92 Å². The summed E-state index contributed by atoms with van der Waals surface area (Å²) in [5.74, 6) is 0.168. The lowest BCUT2D eigenvalue weighted by atomic mass is 10.1. The first-order valence-electron chi connectivity index (χ1n) is 4.82. The van der Waals surface area contributed by atoms with E-state index in [0.717, 1.165) is 17.0 Å². The molecule has 0 amide bonds. The van der Waals surface area contributed by atoms with Crippen LogP contribution in [0.3, 0.4) is 0 Å². The fourth-order valence-electron chi connectivity index (χ4n) is 1.73. The SMILES string of the molecule is Cc1c(N)c(O)c(-c2ccccc2)n1C. The maximum atomic E-state index is 9.91. The average molecular weight is 202 g/mol. The molecule has 2 rings (SSSR count). The van der Waals surface area contributed by atoms with Crippen LogP contribution in [0.2, 0.25) is 0 Å². The lowest BCUT2D eigenvalue weighted by molar-refractivity contribution is 0.479. The van der Waals surface area contributed by atoms with Crippen molar-refractivity contribution in [2.75, 3.05) is 5.73 Å². The molecule has 0 saturated heterocycles. The van der Waals surface area contributed by atoms with Crippen LogP contribution in [0.5, 0.6) is 5.75 Å². The fraction of sp³-hybridized carbons (Fsp3) is 0.167. The molecule has 0 aliphatic carbocycles. The Labute approximate surface area is 88.8 Å². The Hall–Kier alpha value is -1.90. The van der Waals surface area contributed by atoms with Crippen molar-refractivity contribution in [3.63, 3.8) is 0 Å². The number of anilines is 1. The summed E-state index contributed by atoms with van der Waals surface area (Å²) in [7, 11) is 1.90. The highest BCUT2D eigenvalue weighted by Gasteiger charge is 2.16. The number of aromatic hydroxyl groups is 1. The molecule has 0 unspecified atom stereocenters.